The van der Waals surface area contributed by atoms with E-state index in [0.29, 0.717) is 11.1 Å². The molecule has 0 bridgehead atoms. The molecule has 1 aliphatic rings. The topological polar surface area (TPSA) is 120 Å². The van der Waals surface area contributed by atoms with E-state index in [4.69, 9.17) is 0 Å². The molecule has 3 N–H and O–H groups in total. The predicted molar refractivity (Wildman–Crippen MR) is 129 cm³/mol. The number of aromatic nitrogens is 3. The van der Waals surface area contributed by atoms with Crippen molar-refractivity contribution in [3.8, 4) is 0 Å². The van der Waals surface area contributed by atoms with E-state index in [1.807, 2.05) is 6.26 Å². The van der Waals surface area contributed by atoms with Gasteiger partial charge in [-0.15, -0.1) is 11.8 Å². The largest absolute Gasteiger partial charge is 0.396 e. The first-order valence-electron chi connectivity index (χ1n) is 10.1. The van der Waals surface area contributed by atoms with Crippen LogP contribution in [0, 0.1) is 5.92 Å². The Hall–Kier alpha value is -1.99. The molecular weight excluding hydrogens is 468 g/mol. The average Bonchev–Trinajstić information content (AvgIpc) is 3.36. The molecule has 0 radical (unpaired) electrons. The maximum atomic E-state index is 12.4. The van der Waals surface area contributed by atoms with Gasteiger partial charge in [0, 0.05) is 56.0 Å². The van der Waals surface area contributed by atoms with Crippen LogP contribution in [0.4, 0.5) is 11.1 Å². The molecule has 4 rings (SSSR count). The Morgan fingerprint density at radius 2 is 1.88 bits per heavy atom. The van der Waals surface area contributed by atoms with E-state index in [2.05, 4.69) is 25.6 Å². The first kappa shape index (κ1) is 23.2. The predicted octanol–water partition coefficient (Wildman–Crippen LogP) is 2.72. The number of benzene rings is 1. The zero-order valence-electron chi connectivity index (χ0n) is 18.0. The minimum absolute atomic E-state index is 0.0222. The van der Waals surface area contributed by atoms with Gasteiger partial charge in [-0.25, -0.2) is 27.7 Å². The van der Waals surface area contributed by atoms with E-state index >= 15 is 0 Å². The van der Waals surface area contributed by atoms with Gasteiger partial charge in [0.25, 0.3) is 0 Å². The van der Waals surface area contributed by atoms with Crippen molar-refractivity contribution >= 4 is 54.4 Å². The molecule has 1 unspecified atom stereocenters. The summed E-state index contributed by atoms with van der Waals surface area (Å²) in [6.45, 7) is 0.0222. The third-order valence-corrected chi connectivity index (χ3v) is 9.10. The summed E-state index contributed by atoms with van der Waals surface area (Å²) in [6, 6.07) is 5.05. The molecule has 0 spiro atoms. The third kappa shape index (κ3) is 4.69. The van der Waals surface area contributed by atoms with Crippen LogP contribution in [0.15, 0.2) is 40.4 Å². The summed E-state index contributed by atoms with van der Waals surface area (Å²) in [7, 11) is -0.469. The van der Waals surface area contributed by atoms with E-state index < -0.39 is 10.0 Å². The first-order valence-corrected chi connectivity index (χ1v) is 13.6. The van der Waals surface area contributed by atoms with Crippen molar-refractivity contribution in [3.63, 3.8) is 0 Å². The average molecular weight is 495 g/mol. The lowest BCUT2D eigenvalue weighted by molar-refractivity contribution is 0.215. The smallest absolute Gasteiger partial charge is 0.242 e. The van der Waals surface area contributed by atoms with Gasteiger partial charge in [-0.05, 0) is 37.3 Å². The molecule has 0 amide bonds. The Labute approximate surface area is 195 Å². The van der Waals surface area contributed by atoms with Crippen LogP contribution >= 0.6 is 23.1 Å². The number of rotatable bonds is 8. The second kappa shape index (κ2) is 9.48. The van der Waals surface area contributed by atoms with Gasteiger partial charge in [-0.1, -0.05) is 11.3 Å². The van der Waals surface area contributed by atoms with Crippen molar-refractivity contribution in [2.75, 3.05) is 37.6 Å². The second-order valence-corrected chi connectivity index (χ2v) is 11.9. The van der Waals surface area contributed by atoms with Gasteiger partial charge in [-0.2, -0.15) is 0 Å². The summed E-state index contributed by atoms with van der Waals surface area (Å²) in [6.07, 6.45) is 7.27. The summed E-state index contributed by atoms with van der Waals surface area (Å²) in [5, 5.41) is 17.6. The molecule has 9 nitrogen and oxygen atoms in total. The number of anilines is 2. The van der Waals surface area contributed by atoms with Gasteiger partial charge in [0.1, 0.15) is 0 Å². The van der Waals surface area contributed by atoms with Crippen molar-refractivity contribution in [3.05, 3.63) is 30.6 Å². The van der Waals surface area contributed by atoms with Gasteiger partial charge in [-0.3, -0.25) is 0 Å². The van der Waals surface area contributed by atoms with Crippen LogP contribution < -0.4 is 10.6 Å². The van der Waals surface area contributed by atoms with Crippen LogP contribution in [0.3, 0.4) is 0 Å². The molecule has 12 heteroatoms. The summed E-state index contributed by atoms with van der Waals surface area (Å²) in [5.74, 6) is 0.525. The molecule has 1 fully saturated rings. The number of nitrogens with zero attached hydrogens (tertiary/aromatic N) is 4. The molecule has 2 aromatic heterocycles. The first-order chi connectivity index (χ1) is 15.3. The zero-order chi connectivity index (χ0) is 22.9. The summed E-state index contributed by atoms with van der Waals surface area (Å²) in [4.78, 5) is 14.6. The van der Waals surface area contributed by atoms with Crippen molar-refractivity contribution in [2.45, 2.75) is 34.7 Å². The Morgan fingerprint density at radius 1 is 1.19 bits per heavy atom. The molecule has 32 heavy (non-hydrogen) atoms. The van der Waals surface area contributed by atoms with E-state index in [1.54, 1.807) is 42.4 Å². The summed E-state index contributed by atoms with van der Waals surface area (Å²) in [5.41, 5.74) is 0.741. The summed E-state index contributed by atoms with van der Waals surface area (Å²) >= 11 is 3.00. The molecule has 0 aliphatic heterocycles. The number of aliphatic hydroxyl groups excluding tert-OH is 1. The molecule has 1 aliphatic carbocycles. The quantitative estimate of drug-likeness (QED) is 0.406. The number of thioether (sulfide) groups is 1. The zero-order valence-corrected chi connectivity index (χ0v) is 20.5. The second-order valence-electron chi connectivity index (χ2n) is 7.81. The van der Waals surface area contributed by atoms with Gasteiger partial charge < -0.3 is 15.7 Å². The fourth-order valence-electron chi connectivity index (χ4n) is 3.84. The maximum absolute atomic E-state index is 12.4. The molecule has 172 valence electrons. The molecule has 3 aromatic rings. The third-order valence-electron chi connectivity index (χ3n) is 5.66. The number of sulfonamides is 1. The van der Waals surface area contributed by atoms with Crippen LogP contribution in [0.5, 0.6) is 0 Å². The minimum atomic E-state index is -3.50. The van der Waals surface area contributed by atoms with Gasteiger partial charge in [0.05, 0.1) is 15.1 Å². The fraction of sp³-hybridized carbons (Fsp3) is 0.450. The highest BCUT2D eigenvalue weighted by Gasteiger charge is 2.36. The van der Waals surface area contributed by atoms with Crippen LogP contribution in [0.1, 0.15) is 12.8 Å². The van der Waals surface area contributed by atoms with Crippen molar-refractivity contribution in [1.29, 1.82) is 0 Å². The monoisotopic (exact) mass is 494 g/mol. The minimum Gasteiger partial charge on any atom is -0.396 e. The Balaban J connectivity index is 1.48. The van der Waals surface area contributed by atoms with E-state index in [0.717, 1.165) is 28.0 Å². The number of hydrogen-bond acceptors (Lipinski definition) is 10. The van der Waals surface area contributed by atoms with Crippen molar-refractivity contribution in [1.82, 2.24) is 19.3 Å². The lowest BCUT2D eigenvalue weighted by Crippen LogP contribution is -2.36. The normalized spacial score (nSPS) is 21.3. The van der Waals surface area contributed by atoms with E-state index in [9.17, 15) is 13.5 Å². The maximum Gasteiger partial charge on any atom is 0.242 e. The molecule has 1 saturated carbocycles. The van der Waals surface area contributed by atoms with Crippen molar-refractivity contribution in [2.24, 2.45) is 5.92 Å². The van der Waals surface area contributed by atoms with Crippen LogP contribution in [-0.4, -0.2) is 71.8 Å². The standard InChI is InChI=1S/C20H26N6O3S3/c1-26(2)32(28,29)13-4-5-17-18(8-13)31-20(25-17)24-16-7-6-15(14(16)11-27)23-19-21-9-12(30-3)10-22-19/h4-5,8-10,14-16,27H,6-7,11H2,1-3H3,(H,24,25)(H,21,22,23)/t14-,15?,16+/m1/s1. The lowest BCUT2D eigenvalue weighted by atomic mass is 10.0. The van der Waals surface area contributed by atoms with Crippen molar-refractivity contribution < 1.29 is 13.5 Å². The highest BCUT2D eigenvalue weighted by atomic mass is 32.2. The highest BCUT2D eigenvalue weighted by molar-refractivity contribution is 7.98. The molecule has 3 atom stereocenters. The number of hydrogen-bond donors (Lipinski definition) is 3. The molecule has 0 saturated heterocycles. The van der Waals surface area contributed by atoms with E-state index in [-0.39, 0.29) is 29.5 Å². The number of nitrogens with one attached hydrogen (secondary N) is 2. The Morgan fingerprint density at radius 3 is 2.50 bits per heavy atom. The van der Waals surface area contributed by atoms with Gasteiger partial charge >= 0.3 is 0 Å². The van der Waals surface area contributed by atoms with Crippen LogP contribution in [0.2, 0.25) is 0 Å². The van der Waals surface area contributed by atoms with Gasteiger partial charge in [0.2, 0.25) is 16.0 Å². The number of fused-ring (bicyclic) bond motifs is 1. The Bertz CT molecular complexity index is 1180. The SMILES string of the molecule is CSc1cnc(NC2CC[C@H](Nc3nc4ccc(S(=O)(=O)N(C)C)cc4s3)[C@@H]2CO)nc1. The lowest BCUT2D eigenvalue weighted by Gasteiger charge is -2.24. The fourth-order valence-corrected chi connectivity index (χ4v) is 6.13. The number of thiazole rings is 1. The van der Waals surface area contributed by atoms with Gasteiger partial charge in [0.15, 0.2) is 5.13 Å². The highest BCUT2D eigenvalue weighted by Crippen LogP contribution is 2.34. The molecular formula is C20H26N6O3S3. The van der Waals surface area contributed by atoms with Crippen LogP contribution in [0.25, 0.3) is 10.2 Å². The molecule has 1 aromatic carbocycles. The Kier molecular flexibility index (Phi) is 6.86. The molecule has 2 heterocycles. The summed E-state index contributed by atoms with van der Waals surface area (Å²) < 4.78 is 26.8. The van der Waals surface area contributed by atoms with E-state index in [1.165, 1.54) is 29.7 Å². The van der Waals surface area contributed by atoms with Crippen LogP contribution in [-0.2, 0) is 10.0 Å². The number of aliphatic hydroxyl groups is 1.